The average Bonchev–Trinajstić information content (AvgIpc) is 2.33. The lowest BCUT2D eigenvalue weighted by Crippen LogP contribution is -2.52. The molecule has 0 saturated heterocycles. The van der Waals surface area contributed by atoms with Gasteiger partial charge in [0, 0.05) is 24.2 Å². The summed E-state index contributed by atoms with van der Waals surface area (Å²) in [5.74, 6) is 0. The van der Waals surface area contributed by atoms with Crippen LogP contribution in [0.1, 0.15) is 24.8 Å². The molecule has 0 aliphatic heterocycles. The van der Waals surface area contributed by atoms with Crippen LogP contribution in [-0.4, -0.2) is 17.0 Å². The molecule has 94 valence electrons. The van der Waals surface area contributed by atoms with E-state index in [-0.39, 0.29) is 16.8 Å². The average molecular weight is 246 g/mol. The Hall–Kier alpha value is -2.13. The summed E-state index contributed by atoms with van der Waals surface area (Å²) in [6.45, 7) is 0.583. The van der Waals surface area contributed by atoms with Crippen molar-refractivity contribution in [3.63, 3.8) is 0 Å². The molecule has 0 unspecified atom stereocenters. The number of anilines is 1. The van der Waals surface area contributed by atoms with Crippen molar-refractivity contribution >= 4 is 11.4 Å². The van der Waals surface area contributed by atoms with Gasteiger partial charge >= 0.3 is 0 Å². The number of hydrogen-bond donors (Lipinski definition) is 2. The van der Waals surface area contributed by atoms with Gasteiger partial charge in [0.1, 0.15) is 6.07 Å². The van der Waals surface area contributed by atoms with Crippen molar-refractivity contribution in [3.05, 3.63) is 33.9 Å². The molecule has 18 heavy (non-hydrogen) atoms. The number of nitrogens with one attached hydrogen (secondary N) is 1. The topological polar surface area (TPSA) is 105 Å². The first kappa shape index (κ1) is 12.3. The highest BCUT2D eigenvalue weighted by Crippen LogP contribution is 2.30. The van der Waals surface area contributed by atoms with Gasteiger partial charge in [-0.1, -0.05) is 0 Å². The normalized spacial score (nSPS) is 16.4. The Balaban J connectivity index is 2.13. The molecule has 0 heterocycles. The summed E-state index contributed by atoms with van der Waals surface area (Å²) >= 11 is 0. The van der Waals surface area contributed by atoms with Crippen molar-refractivity contribution in [1.29, 1.82) is 5.26 Å². The number of nitrogens with zero attached hydrogens (tertiary/aromatic N) is 2. The second-order valence-corrected chi connectivity index (χ2v) is 4.67. The second-order valence-electron chi connectivity index (χ2n) is 4.67. The van der Waals surface area contributed by atoms with Crippen LogP contribution in [-0.2, 0) is 0 Å². The molecule has 1 aromatic carbocycles. The van der Waals surface area contributed by atoms with Gasteiger partial charge in [0.25, 0.3) is 5.69 Å². The third-order valence-corrected chi connectivity index (χ3v) is 3.31. The predicted molar refractivity (Wildman–Crippen MR) is 67.1 cm³/mol. The van der Waals surface area contributed by atoms with Crippen molar-refractivity contribution in [1.82, 2.24) is 0 Å². The molecule has 1 aromatic rings. The van der Waals surface area contributed by atoms with Crippen LogP contribution in [0.5, 0.6) is 0 Å². The zero-order chi connectivity index (χ0) is 13.2. The highest BCUT2D eigenvalue weighted by atomic mass is 16.6. The molecule has 0 spiro atoms. The van der Waals surface area contributed by atoms with Crippen LogP contribution < -0.4 is 11.1 Å². The lowest BCUT2D eigenvalue weighted by Gasteiger charge is -2.38. The van der Waals surface area contributed by atoms with Crippen LogP contribution in [0.4, 0.5) is 11.4 Å². The third kappa shape index (κ3) is 2.41. The standard InChI is InChI=1S/C12H14N4O2/c13-7-9-6-10(16(17)18)2-3-11(9)15-8-12(14)4-1-5-12/h2-3,6,15H,1,4-5,8,14H2. The maximum atomic E-state index is 10.6. The molecular weight excluding hydrogens is 232 g/mol. The number of nitro groups is 1. The maximum Gasteiger partial charge on any atom is 0.270 e. The number of rotatable bonds is 4. The molecule has 1 fully saturated rings. The molecule has 0 aromatic heterocycles. The van der Waals surface area contributed by atoms with Gasteiger partial charge in [-0.3, -0.25) is 10.1 Å². The minimum absolute atomic E-state index is 0.0804. The number of benzene rings is 1. The Bertz CT molecular complexity index is 517. The van der Waals surface area contributed by atoms with E-state index in [1.54, 1.807) is 6.07 Å². The van der Waals surface area contributed by atoms with Crippen LogP contribution in [0, 0.1) is 21.4 Å². The van der Waals surface area contributed by atoms with E-state index in [2.05, 4.69) is 5.32 Å². The van der Waals surface area contributed by atoms with Crippen molar-refractivity contribution in [3.8, 4) is 6.07 Å². The van der Waals surface area contributed by atoms with Gasteiger partial charge < -0.3 is 11.1 Å². The minimum Gasteiger partial charge on any atom is -0.382 e. The fourth-order valence-electron chi connectivity index (χ4n) is 1.97. The maximum absolute atomic E-state index is 10.6. The minimum atomic E-state index is -0.513. The zero-order valence-corrected chi connectivity index (χ0v) is 9.85. The Morgan fingerprint density at radius 3 is 2.78 bits per heavy atom. The molecule has 6 heteroatoms. The quantitative estimate of drug-likeness (QED) is 0.622. The summed E-state index contributed by atoms with van der Waals surface area (Å²) in [4.78, 5) is 10.1. The number of non-ortho nitro benzene ring substituents is 1. The van der Waals surface area contributed by atoms with Crippen LogP contribution in [0.25, 0.3) is 0 Å². The van der Waals surface area contributed by atoms with Gasteiger partial charge in [-0.15, -0.1) is 0 Å². The summed E-state index contributed by atoms with van der Waals surface area (Å²) < 4.78 is 0. The van der Waals surface area contributed by atoms with Gasteiger partial charge in [0.2, 0.25) is 0 Å². The van der Waals surface area contributed by atoms with E-state index < -0.39 is 4.92 Å². The molecule has 2 rings (SSSR count). The Kier molecular flexibility index (Phi) is 3.17. The summed E-state index contributed by atoms with van der Waals surface area (Å²) in [7, 11) is 0. The van der Waals surface area contributed by atoms with Crippen molar-refractivity contribution in [2.45, 2.75) is 24.8 Å². The number of nitrogens with two attached hydrogens (primary N) is 1. The first-order valence-corrected chi connectivity index (χ1v) is 5.75. The molecule has 1 aliphatic rings. The van der Waals surface area contributed by atoms with Gasteiger partial charge in [-0.25, -0.2) is 0 Å². The van der Waals surface area contributed by atoms with Crippen LogP contribution in [0.2, 0.25) is 0 Å². The SMILES string of the molecule is N#Cc1cc([N+](=O)[O-])ccc1NCC1(N)CCC1. The summed E-state index contributed by atoms with van der Waals surface area (Å²) in [5, 5.41) is 22.7. The van der Waals surface area contributed by atoms with Crippen LogP contribution in [0.15, 0.2) is 18.2 Å². The number of nitro benzene ring substituents is 1. The smallest absolute Gasteiger partial charge is 0.270 e. The Morgan fingerprint density at radius 2 is 2.28 bits per heavy atom. The van der Waals surface area contributed by atoms with Crippen molar-refractivity contribution in [2.75, 3.05) is 11.9 Å². The molecule has 3 N–H and O–H groups in total. The fourth-order valence-corrected chi connectivity index (χ4v) is 1.97. The van der Waals surface area contributed by atoms with Crippen LogP contribution in [0.3, 0.4) is 0 Å². The van der Waals surface area contributed by atoms with E-state index in [4.69, 9.17) is 11.0 Å². The van der Waals surface area contributed by atoms with E-state index in [0.29, 0.717) is 12.2 Å². The molecule has 6 nitrogen and oxygen atoms in total. The predicted octanol–water partition coefficient (Wildman–Crippen LogP) is 1.76. The van der Waals surface area contributed by atoms with E-state index in [1.807, 2.05) is 6.07 Å². The lowest BCUT2D eigenvalue weighted by molar-refractivity contribution is -0.384. The largest absolute Gasteiger partial charge is 0.382 e. The van der Waals surface area contributed by atoms with E-state index in [1.165, 1.54) is 12.1 Å². The van der Waals surface area contributed by atoms with Gasteiger partial charge in [0.15, 0.2) is 0 Å². The Morgan fingerprint density at radius 1 is 1.56 bits per heavy atom. The van der Waals surface area contributed by atoms with Crippen LogP contribution >= 0.6 is 0 Å². The molecule has 0 atom stereocenters. The first-order valence-electron chi connectivity index (χ1n) is 5.75. The van der Waals surface area contributed by atoms with E-state index in [0.717, 1.165) is 19.3 Å². The molecule has 1 aliphatic carbocycles. The van der Waals surface area contributed by atoms with E-state index >= 15 is 0 Å². The molecule has 0 bridgehead atoms. The zero-order valence-electron chi connectivity index (χ0n) is 9.85. The van der Waals surface area contributed by atoms with Gasteiger partial charge in [-0.05, 0) is 25.3 Å². The fraction of sp³-hybridized carbons (Fsp3) is 0.417. The van der Waals surface area contributed by atoms with Crippen molar-refractivity contribution < 1.29 is 4.92 Å². The second kappa shape index (κ2) is 4.63. The highest BCUT2D eigenvalue weighted by Gasteiger charge is 2.32. The van der Waals surface area contributed by atoms with Gasteiger partial charge in [-0.2, -0.15) is 5.26 Å². The summed E-state index contributed by atoms with van der Waals surface area (Å²) in [6, 6.07) is 6.16. The Labute approximate surface area is 105 Å². The summed E-state index contributed by atoms with van der Waals surface area (Å²) in [5.41, 5.74) is 6.65. The highest BCUT2D eigenvalue weighted by molar-refractivity contribution is 5.61. The van der Waals surface area contributed by atoms with Gasteiger partial charge in [0.05, 0.1) is 16.2 Å². The number of nitriles is 1. The first-order chi connectivity index (χ1) is 8.54. The molecule has 0 radical (unpaired) electrons. The third-order valence-electron chi connectivity index (χ3n) is 3.31. The monoisotopic (exact) mass is 246 g/mol. The summed E-state index contributed by atoms with van der Waals surface area (Å²) in [6.07, 6.45) is 3.06. The molecular formula is C12H14N4O2. The number of hydrogen-bond acceptors (Lipinski definition) is 5. The molecule has 1 saturated carbocycles. The van der Waals surface area contributed by atoms with E-state index in [9.17, 15) is 10.1 Å². The lowest BCUT2D eigenvalue weighted by atomic mass is 9.78. The molecule has 0 amide bonds. The van der Waals surface area contributed by atoms with Crippen molar-refractivity contribution in [2.24, 2.45) is 5.73 Å².